The number of carbonyl (C=O) groups is 1. The van der Waals surface area contributed by atoms with E-state index in [2.05, 4.69) is 4.98 Å². The first-order chi connectivity index (χ1) is 14.3. The molecule has 4 aromatic rings. The van der Waals surface area contributed by atoms with Gasteiger partial charge in [-0.2, -0.15) is 0 Å². The fourth-order valence-corrected chi connectivity index (χ4v) is 3.83. The van der Waals surface area contributed by atoms with Crippen LogP contribution in [0.25, 0.3) is 22.0 Å². The molecule has 2 heterocycles. The molecule has 0 amide bonds. The highest BCUT2D eigenvalue weighted by molar-refractivity contribution is 5.97. The van der Waals surface area contributed by atoms with Crippen LogP contribution in [-0.2, 0) is 13.5 Å². The molecule has 0 fully saturated rings. The molecule has 0 N–H and O–H groups in total. The summed E-state index contributed by atoms with van der Waals surface area (Å²) in [4.78, 5) is 30.2. The van der Waals surface area contributed by atoms with Gasteiger partial charge in [0.2, 0.25) is 0 Å². The van der Waals surface area contributed by atoms with Crippen molar-refractivity contribution in [2.45, 2.75) is 27.2 Å². The third-order valence-electron chi connectivity index (χ3n) is 5.54. The number of hydrogen-bond acceptors (Lipinski definition) is 3. The smallest absolute Gasteiger partial charge is 0.258 e. The standard InChI is InChI=1S/C26H24N2O2/c1-16-6-5-7-20(10-16)25(29)13-19-9-8-17(2)22(12-19)23-14-21-15-27-18(3)11-24(21)28(4)26(23)30/h5-12,14-15H,13H2,1-4H3. The van der Waals surface area contributed by atoms with Crippen molar-refractivity contribution in [1.82, 2.24) is 9.55 Å². The maximum atomic E-state index is 13.1. The van der Waals surface area contributed by atoms with Crippen molar-refractivity contribution in [1.29, 1.82) is 0 Å². The summed E-state index contributed by atoms with van der Waals surface area (Å²) in [6, 6.07) is 17.4. The average molecular weight is 396 g/mol. The van der Waals surface area contributed by atoms with Crippen LogP contribution in [0.5, 0.6) is 0 Å². The maximum absolute atomic E-state index is 13.1. The summed E-state index contributed by atoms with van der Waals surface area (Å²) < 4.78 is 1.67. The maximum Gasteiger partial charge on any atom is 0.258 e. The summed E-state index contributed by atoms with van der Waals surface area (Å²) in [6.45, 7) is 5.88. The molecule has 2 aromatic carbocycles. The first kappa shape index (κ1) is 19.8. The predicted octanol–water partition coefficient (Wildman–Crippen LogP) is 4.95. The fourth-order valence-electron chi connectivity index (χ4n) is 3.83. The lowest BCUT2D eigenvalue weighted by Crippen LogP contribution is -2.19. The number of benzene rings is 2. The third-order valence-corrected chi connectivity index (χ3v) is 5.54. The second-order valence-electron chi connectivity index (χ2n) is 7.93. The first-order valence-corrected chi connectivity index (χ1v) is 9.99. The molecular weight excluding hydrogens is 372 g/mol. The van der Waals surface area contributed by atoms with Crippen molar-refractivity contribution in [2.75, 3.05) is 0 Å². The first-order valence-electron chi connectivity index (χ1n) is 9.99. The number of rotatable bonds is 4. The van der Waals surface area contributed by atoms with Gasteiger partial charge in [0.15, 0.2) is 5.78 Å². The highest BCUT2D eigenvalue weighted by atomic mass is 16.1. The lowest BCUT2D eigenvalue weighted by atomic mass is 9.95. The van der Waals surface area contributed by atoms with Gasteiger partial charge in [-0.1, -0.05) is 42.0 Å². The molecule has 0 aliphatic carbocycles. The zero-order chi connectivity index (χ0) is 21.4. The number of nitrogens with zero attached hydrogens (tertiary/aromatic N) is 2. The second kappa shape index (κ2) is 7.71. The number of aromatic nitrogens is 2. The number of carbonyl (C=O) groups excluding carboxylic acids is 1. The van der Waals surface area contributed by atoms with Crippen LogP contribution in [0.3, 0.4) is 0 Å². The molecule has 4 nitrogen and oxygen atoms in total. The van der Waals surface area contributed by atoms with E-state index in [0.717, 1.165) is 38.9 Å². The van der Waals surface area contributed by atoms with Gasteiger partial charge < -0.3 is 4.57 Å². The van der Waals surface area contributed by atoms with Gasteiger partial charge in [0.25, 0.3) is 5.56 Å². The normalized spacial score (nSPS) is 11.1. The predicted molar refractivity (Wildman–Crippen MR) is 121 cm³/mol. The van der Waals surface area contributed by atoms with Gasteiger partial charge in [0, 0.05) is 41.9 Å². The Morgan fingerprint density at radius 1 is 0.967 bits per heavy atom. The minimum atomic E-state index is -0.0571. The highest BCUT2D eigenvalue weighted by Gasteiger charge is 2.14. The monoisotopic (exact) mass is 396 g/mol. The molecule has 4 heteroatoms. The van der Waals surface area contributed by atoms with Gasteiger partial charge in [-0.15, -0.1) is 0 Å². The summed E-state index contributed by atoms with van der Waals surface area (Å²) in [5, 5.41) is 0.915. The Morgan fingerprint density at radius 2 is 1.77 bits per heavy atom. The molecular formula is C26H24N2O2. The fraction of sp³-hybridized carbons (Fsp3) is 0.192. The van der Waals surface area contributed by atoms with E-state index < -0.39 is 0 Å². The Kier molecular flexibility index (Phi) is 5.08. The quantitative estimate of drug-likeness (QED) is 0.459. The lowest BCUT2D eigenvalue weighted by molar-refractivity contribution is 0.0993. The summed E-state index contributed by atoms with van der Waals surface area (Å²) in [7, 11) is 1.79. The van der Waals surface area contributed by atoms with E-state index in [4.69, 9.17) is 0 Å². The second-order valence-corrected chi connectivity index (χ2v) is 7.93. The zero-order valence-corrected chi connectivity index (χ0v) is 17.7. The van der Waals surface area contributed by atoms with E-state index in [0.29, 0.717) is 17.5 Å². The van der Waals surface area contributed by atoms with Crippen LogP contribution >= 0.6 is 0 Å². The van der Waals surface area contributed by atoms with Gasteiger partial charge in [-0.3, -0.25) is 14.6 Å². The molecule has 0 bridgehead atoms. The Bertz CT molecular complexity index is 1350. The Morgan fingerprint density at radius 3 is 2.53 bits per heavy atom. The molecule has 0 aliphatic heterocycles. The van der Waals surface area contributed by atoms with Crippen LogP contribution in [0, 0.1) is 20.8 Å². The largest absolute Gasteiger partial charge is 0.311 e. The number of ketones is 1. The van der Waals surface area contributed by atoms with Crippen LogP contribution in [0.15, 0.2) is 65.6 Å². The average Bonchev–Trinajstić information content (AvgIpc) is 2.72. The van der Waals surface area contributed by atoms with Gasteiger partial charge in [0.05, 0.1) is 5.52 Å². The van der Waals surface area contributed by atoms with Crippen molar-refractivity contribution >= 4 is 16.7 Å². The number of fused-ring (bicyclic) bond motifs is 1. The number of aryl methyl sites for hydroxylation is 4. The molecule has 0 spiro atoms. The topological polar surface area (TPSA) is 52.0 Å². The molecule has 0 atom stereocenters. The summed E-state index contributed by atoms with van der Waals surface area (Å²) in [5.74, 6) is 0.0691. The van der Waals surface area contributed by atoms with Crippen LogP contribution in [0.2, 0.25) is 0 Å². The zero-order valence-electron chi connectivity index (χ0n) is 17.7. The van der Waals surface area contributed by atoms with Crippen LogP contribution in [-0.4, -0.2) is 15.3 Å². The van der Waals surface area contributed by atoms with E-state index in [1.165, 1.54) is 0 Å². The van der Waals surface area contributed by atoms with Gasteiger partial charge in [0.1, 0.15) is 0 Å². The highest BCUT2D eigenvalue weighted by Crippen LogP contribution is 2.25. The van der Waals surface area contributed by atoms with Crippen LogP contribution in [0.4, 0.5) is 0 Å². The summed E-state index contributed by atoms with van der Waals surface area (Å²) >= 11 is 0. The Balaban J connectivity index is 1.77. The Labute approximate surface area is 175 Å². The van der Waals surface area contributed by atoms with Crippen molar-refractivity contribution in [2.24, 2.45) is 7.05 Å². The van der Waals surface area contributed by atoms with Crippen LogP contribution in [0.1, 0.15) is 32.7 Å². The van der Waals surface area contributed by atoms with Crippen molar-refractivity contribution in [3.63, 3.8) is 0 Å². The van der Waals surface area contributed by atoms with E-state index in [1.54, 1.807) is 17.8 Å². The van der Waals surface area contributed by atoms with E-state index in [9.17, 15) is 9.59 Å². The Hall–Kier alpha value is -3.53. The molecule has 0 radical (unpaired) electrons. The van der Waals surface area contributed by atoms with Gasteiger partial charge >= 0.3 is 0 Å². The molecule has 2 aromatic heterocycles. The molecule has 30 heavy (non-hydrogen) atoms. The van der Waals surface area contributed by atoms with E-state index >= 15 is 0 Å². The molecule has 0 unspecified atom stereocenters. The SMILES string of the molecule is Cc1cccc(C(=O)Cc2ccc(C)c(-c3cc4cnc(C)cc4n(C)c3=O)c2)c1. The number of hydrogen-bond donors (Lipinski definition) is 0. The van der Waals surface area contributed by atoms with Crippen molar-refractivity contribution in [3.8, 4) is 11.1 Å². The number of Topliss-reactive ketones (excluding diaryl/α,β-unsaturated/α-hetero) is 1. The molecule has 0 saturated heterocycles. The minimum absolute atomic E-state index is 0.0571. The van der Waals surface area contributed by atoms with E-state index in [-0.39, 0.29) is 11.3 Å². The third kappa shape index (κ3) is 3.69. The van der Waals surface area contributed by atoms with Gasteiger partial charge in [-0.05, 0) is 55.7 Å². The van der Waals surface area contributed by atoms with Crippen molar-refractivity contribution in [3.05, 3.63) is 99.1 Å². The minimum Gasteiger partial charge on any atom is -0.311 e. The number of pyridine rings is 2. The lowest BCUT2D eigenvalue weighted by Gasteiger charge is -2.13. The molecule has 0 saturated carbocycles. The molecule has 4 rings (SSSR count). The van der Waals surface area contributed by atoms with Gasteiger partial charge in [-0.25, -0.2) is 0 Å². The van der Waals surface area contributed by atoms with Crippen LogP contribution < -0.4 is 5.56 Å². The van der Waals surface area contributed by atoms with Crippen molar-refractivity contribution < 1.29 is 4.79 Å². The summed E-state index contributed by atoms with van der Waals surface area (Å²) in [5.41, 5.74) is 6.82. The molecule has 150 valence electrons. The summed E-state index contributed by atoms with van der Waals surface area (Å²) in [6.07, 6.45) is 2.10. The van der Waals surface area contributed by atoms with E-state index in [1.807, 2.05) is 75.4 Å². The molecule has 0 aliphatic rings.